The van der Waals surface area contributed by atoms with Crippen molar-refractivity contribution in [3.8, 4) is 0 Å². The first-order valence-electron chi connectivity index (χ1n) is 5.75. The molecule has 0 unspecified atom stereocenters. The minimum Gasteiger partial charge on any atom is -0.222 e. The average molecular weight is 288 g/mol. The summed E-state index contributed by atoms with van der Waals surface area (Å²) in [7, 11) is -2.79. The highest BCUT2D eigenvalue weighted by molar-refractivity contribution is 5.93. The number of halogens is 1. The summed E-state index contributed by atoms with van der Waals surface area (Å²) in [4.78, 5) is 0. The van der Waals surface area contributed by atoms with Crippen molar-refractivity contribution < 1.29 is 33.5 Å². The van der Waals surface area contributed by atoms with Gasteiger partial charge in [0.05, 0.1) is 5.41 Å². The van der Waals surface area contributed by atoms with E-state index in [-0.39, 0.29) is 5.41 Å². The van der Waals surface area contributed by atoms with Gasteiger partial charge in [0.2, 0.25) is 5.69 Å². The Morgan fingerprint density at radius 3 is 2.00 bits per heavy atom. The molecule has 0 aliphatic carbocycles. The quantitative estimate of drug-likeness (QED) is 0.530. The maximum Gasteiger partial charge on any atom is 0.209 e. The Morgan fingerprint density at radius 1 is 1.05 bits per heavy atom. The Kier molecular flexibility index (Phi) is 4.39. The maximum atomic E-state index is 8.49. The van der Waals surface area contributed by atoms with Gasteiger partial charge in [-0.25, -0.2) is 23.2 Å². The lowest BCUT2D eigenvalue weighted by Gasteiger charge is -2.17. The van der Waals surface area contributed by atoms with E-state index in [2.05, 4.69) is 57.5 Å². The van der Waals surface area contributed by atoms with E-state index < -0.39 is 10.2 Å². The molecule has 106 valence electrons. The van der Waals surface area contributed by atoms with Gasteiger partial charge in [0.1, 0.15) is 7.05 Å². The molecule has 19 heavy (non-hydrogen) atoms. The van der Waals surface area contributed by atoms with Crippen molar-refractivity contribution in [3.63, 3.8) is 0 Å². The number of hydrogen-bond acceptors (Lipinski definition) is 4. The third-order valence-corrected chi connectivity index (χ3v) is 3.59. The molecule has 0 spiro atoms. The summed E-state index contributed by atoms with van der Waals surface area (Å²) in [5.74, 6) is 0. The van der Waals surface area contributed by atoms with Gasteiger partial charge >= 0.3 is 0 Å². The largest absolute Gasteiger partial charge is 0.222 e. The molecule has 1 aliphatic heterocycles. The Labute approximate surface area is 115 Å². The first-order valence-corrected chi connectivity index (χ1v) is 6.98. The van der Waals surface area contributed by atoms with Gasteiger partial charge in [0, 0.05) is 18.6 Å². The topological polar surface area (TPSA) is 95.2 Å². The molecule has 0 aromatic heterocycles. The van der Waals surface area contributed by atoms with Gasteiger partial charge in [-0.1, -0.05) is 11.6 Å². The normalized spacial score (nSPS) is 16.9. The molecule has 1 aromatic carbocycles. The van der Waals surface area contributed by atoms with Crippen LogP contribution in [0.25, 0.3) is 0 Å². The van der Waals surface area contributed by atoms with Crippen LogP contribution < -0.4 is 18.6 Å². The summed E-state index contributed by atoms with van der Waals surface area (Å²) in [6, 6.07) is 6.72. The predicted octanol–water partition coefficient (Wildman–Crippen LogP) is -1.74. The second kappa shape index (κ2) is 5.19. The number of aryl methyl sites for hydroxylation is 1. The number of rotatable bonds is 0. The lowest BCUT2D eigenvalue weighted by Crippen LogP contribution is -2.68. The number of nitrogens with zero attached hydrogens (tertiary/aromatic N) is 1. The first kappa shape index (κ1) is 16.1. The summed E-state index contributed by atoms with van der Waals surface area (Å²) < 4.78 is 36.3. The van der Waals surface area contributed by atoms with Gasteiger partial charge in [-0.2, -0.15) is 0 Å². The lowest BCUT2D eigenvalue weighted by molar-refractivity contribution is -2.00. The summed E-state index contributed by atoms with van der Waals surface area (Å²) in [5, 5.41) is 0. The van der Waals surface area contributed by atoms with Gasteiger partial charge in [0.25, 0.3) is 0 Å². The third-order valence-electron chi connectivity index (χ3n) is 3.59. The van der Waals surface area contributed by atoms with E-state index in [1.54, 1.807) is 0 Å². The van der Waals surface area contributed by atoms with Crippen LogP contribution in [0.15, 0.2) is 18.2 Å². The van der Waals surface area contributed by atoms with Crippen LogP contribution >= 0.6 is 0 Å². The summed E-state index contributed by atoms with van der Waals surface area (Å²) in [6.45, 7) is 8.97. The van der Waals surface area contributed by atoms with Crippen LogP contribution in [-0.4, -0.2) is 17.3 Å². The van der Waals surface area contributed by atoms with E-state index in [9.17, 15) is 0 Å². The van der Waals surface area contributed by atoms with Gasteiger partial charge < -0.3 is 0 Å². The van der Waals surface area contributed by atoms with Gasteiger partial charge in [-0.3, -0.25) is 0 Å². The molecule has 1 heterocycles. The molecule has 1 aromatic rings. The SMILES string of the molecule is CC1=[N+](C)c2ccc(C)cc2C1(C)C.[O-][Cl+3]([O-])([O-])[O-]. The van der Waals surface area contributed by atoms with E-state index in [0.717, 1.165) is 0 Å². The molecule has 0 bridgehead atoms. The van der Waals surface area contributed by atoms with Crippen molar-refractivity contribution in [2.45, 2.75) is 33.1 Å². The number of benzene rings is 1. The van der Waals surface area contributed by atoms with Crippen LogP contribution in [0.4, 0.5) is 5.69 Å². The molecule has 0 radical (unpaired) electrons. The minimum absolute atomic E-state index is 0.191. The van der Waals surface area contributed by atoms with Crippen molar-refractivity contribution in [2.24, 2.45) is 0 Å². The molecule has 0 saturated carbocycles. The van der Waals surface area contributed by atoms with Crippen LogP contribution in [-0.2, 0) is 5.41 Å². The molecule has 5 nitrogen and oxygen atoms in total. The second-order valence-corrected chi connectivity index (χ2v) is 5.92. The Bertz CT molecular complexity index is 512. The van der Waals surface area contributed by atoms with Crippen molar-refractivity contribution in [3.05, 3.63) is 29.3 Å². The highest BCUT2D eigenvalue weighted by atomic mass is 35.7. The molecule has 0 atom stereocenters. The fraction of sp³-hybridized carbons (Fsp3) is 0.462. The van der Waals surface area contributed by atoms with Crippen molar-refractivity contribution >= 4 is 11.4 Å². The molecule has 0 fully saturated rings. The van der Waals surface area contributed by atoms with E-state index in [0.29, 0.717) is 0 Å². The fourth-order valence-corrected chi connectivity index (χ4v) is 2.24. The highest BCUT2D eigenvalue weighted by Crippen LogP contribution is 2.38. The third kappa shape index (κ3) is 3.75. The second-order valence-electron chi connectivity index (χ2n) is 5.17. The highest BCUT2D eigenvalue weighted by Gasteiger charge is 2.41. The molecule has 1 aliphatic rings. The first-order chi connectivity index (χ1) is 8.44. The number of fused-ring (bicyclic) bond motifs is 1. The maximum absolute atomic E-state index is 8.49. The Balaban J connectivity index is 0.000000312. The summed E-state index contributed by atoms with van der Waals surface area (Å²) in [6.07, 6.45) is 0. The monoisotopic (exact) mass is 287 g/mol. The predicted molar refractivity (Wildman–Crippen MR) is 60.7 cm³/mol. The summed E-state index contributed by atoms with van der Waals surface area (Å²) in [5.41, 5.74) is 5.78. The molecule has 0 amide bonds. The van der Waals surface area contributed by atoms with E-state index in [4.69, 9.17) is 18.6 Å². The summed E-state index contributed by atoms with van der Waals surface area (Å²) >= 11 is 0. The fourth-order valence-electron chi connectivity index (χ4n) is 2.24. The zero-order chi connectivity index (χ0) is 15.0. The lowest BCUT2D eigenvalue weighted by atomic mass is 9.82. The van der Waals surface area contributed by atoms with Crippen LogP contribution in [0.5, 0.6) is 0 Å². The smallest absolute Gasteiger partial charge is 0.209 e. The van der Waals surface area contributed by atoms with E-state index >= 15 is 0 Å². The van der Waals surface area contributed by atoms with Crippen LogP contribution in [0.3, 0.4) is 0 Å². The van der Waals surface area contributed by atoms with Crippen molar-refractivity contribution in [2.75, 3.05) is 7.05 Å². The zero-order valence-electron chi connectivity index (χ0n) is 11.7. The van der Waals surface area contributed by atoms with Crippen LogP contribution in [0.2, 0.25) is 0 Å². The van der Waals surface area contributed by atoms with E-state index in [1.165, 1.54) is 22.5 Å². The number of hydrogen-bond donors (Lipinski definition) is 0. The molecule has 0 saturated heterocycles. The van der Waals surface area contributed by atoms with Crippen molar-refractivity contribution in [1.82, 2.24) is 0 Å². The van der Waals surface area contributed by atoms with Crippen molar-refractivity contribution in [1.29, 1.82) is 0 Å². The van der Waals surface area contributed by atoms with Gasteiger partial charge in [-0.05, 0) is 26.8 Å². The van der Waals surface area contributed by atoms with Crippen LogP contribution in [0.1, 0.15) is 31.9 Å². The molecule has 2 rings (SSSR count). The zero-order valence-corrected chi connectivity index (χ0v) is 12.4. The van der Waals surface area contributed by atoms with Gasteiger partial charge in [-0.15, -0.1) is 10.2 Å². The molecule has 0 N–H and O–H groups in total. The Hall–Kier alpha value is -0.980. The minimum atomic E-state index is -4.94. The van der Waals surface area contributed by atoms with Crippen LogP contribution in [0, 0.1) is 17.2 Å². The molecular formula is C13H18ClNO4. The van der Waals surface area contributed by atoms with E-state index in [1.807, 2.05) is 0 Å². The average Bonchev–Trinajstić information content (AvgIpc) is 2.39. The molecular weight excluding hydrogens is 270 g/mol. The van der Waals surface area contributed by atoms with Gasteiger partial charge in [0.15, 0.2) is 5.71 Å². The molecule has 6 heteroatoms. The standard InChI is InChI=1S/C13H18N.ClHO4/c1-9-6-7-12-11(8-9)13(3,4)10(2)14(12)5;2-1(3,4)5/h6-8H,1-5H3;(H,2,3,4,5)/q+1;/p-1. The Morgan fingerprint density at radius 2 is 1.53 bits per heavy atom.